The molecular formula is C14H19NO. The first-order valence-electron chi connectivity index (χ1n) is 5.56. The van der Waals surface area contributed by atoms with Crippen LogP contribution in [0.25, 0.3) is 0 Å². The van der Waals surface area contributed by atoms with Gasteiger partial charge in [0.25, 0.3) is 0 Å². The Morgan fingerprint density at radius 2 is 1.94 bits per heavy atom. The third-order valence-corrected chi connectivity index (χ3v) is 2.52. The van der Waals surface area contributed by atoms with Gasteiger partial charge in [-0.3, -0.25) is 4.79 Å². The van der Waals surface area contributed by atoms with Gasteiger partial charge in [0.05, 0.1) is 0 Å². The minimum Gasteiger partial charge on any atom is -0.378 e. The fourth-order valence-corrected chi connectivity index (χ4v) is 1.50. The Morgan fingerprint density at radius 3 is 2.44 bits per heavy atom. The zero-order valence-corrected chi connectivity index (χ0v) is 10.1. The Balaban J connectivity index is 2.59. The van der Waals surface area contributed by atoms with Crippen LogP contribution in [0, 0.1) is 0 Å². The van der Waals surface area contributed by atoms with E-state index in [-0.39, 0.29) is 5.78 Å². The third kappa shape index (κ3) is 3.54. The molecule has 0 saturated carbocycles. The molecule has 0 bridgehead atoms. The van der Waals surface area contributed by atoms with E-state index in [1.165, 1.54) is 0 Å². The average Bonchev–Trinajstić information content (AvgIpc) is 2.29. The molecule has 0 amide bonds. The zero-order valence-electron chi connectivity index (χ0n) is 10.1. The second-order valence-corrected chi connectivity index (χ2v) is 4.05. The summed E-state index contributed by atoms with van der Waals surface area (Å²) >= 11 is 0. The lowest BCUT2D eigenvalue weighted by Crippen LogP contribution is -2.08. The summed E-state index contributed by atoms with van der Waals surface area (Å²) in [6.07, 6.45) is 4.25. The molecule has 1 aromatic rings. The van der Waals surface area contributed by atoms with Gasteiger partial charge >= 0.3 is 0 Å². The number of anilines is 1. The van der Waals surface area contributed by atoms with Crippen LogP contribution in [-0.2, 0) is 0 Å². The molecule has 0 aliphatic carbocycles. The van der Waals surface area contributed by atoms with Crippen LogP contribution in [0.2, 0.25) is 0 Å². The van der Waals surface area contributed by atoms with Gasteiger partial charge in [-0.05, 0) is 37.1 Å². The Labute approximate surface area is 97.6 Å². The number of hydrogen-bond donors (Lipinski definition) is 0. The number of benzene rings is 1. The number of allylic oxidation sites excluding steroid dienone is 1. The van der Waals surface area contributed by atoms with Crippen molar-refractivity contribution in [2.75, 3.05) is 19.0 Å². The molecule has 0 saturated heterocycles. The highest BCUT2D eigenvalue weighted by molar-refractivity contribution is 5.96. The highest BCUT2D eigenvalue weighted by Crippen LogP contribution is 2.14. The van der Waals surface area contributed by atoms with Crippen molar-refractivity contribution >= 4 is 11.5 Å². The number of unbranched alkanes of at least 4 members (excludes halogenated alkanes) is 1. The number of nitrogens with zero attached hydrogens (tertiary/aromatic N) is 1. The lowest BCUT2D eigenvalue weighted by Gasteiger charge is -2.12. The standard InChI is InChI=1S/C14H19NO/c1-4-5-6-7-14(16)12-8-10-13(11-9-12)15(2)3/h4,8-11H,1,5-7H2,2-3H3. The fraction of sp³-hybridized carbons (Fsp3) is 0.357. The first-order valence-corrected chi connectivity index (χ1v) is 5.56. The average molecular weight is 217 g/mol. The molecule has 0 aliphatic heterocycles. The summed E-state index contributed by atoms with van der Waals surface area (Å²) in [6, 6.07) is 7.73. The highest BCUT2D eigenvalue weighted by Gasteiger charge is 2.05. The van der Waals surface area contributed by atoms with Crippen LogP contribution in [0.4, 0.5) is 5.69 Å². The molecular weight excluding hydrogens is 198 g/mol. The molecule has 86 valence electrons. The Morgan fingerprint density at radius 1 is 1.31 bits per heavy atom. The van der Waals surface area contributed by atoms with Crippen LogP contribution in [0.3, 0.4) is 0 Å². The van der Waals surface area contributed by atoms with Crippen LogP contribution >= 0.6 is 0 Å². The molecule has 1 aromatic carbocycles. The SMILES string of the molecule is C=CCCCC(=O)c1ccc(N(C)C)cc1. The minimum atomic E-state index is 0.215. The Bertz CT molecular complexity index is 352. The van der Waals surface area contributed by atoms with Gasteiger partial charge in [-0.15, -0.1) is 6.58 Å². The van der Waals surface area contributed by atoms with Gasteiger partial charge in [-0.25, -0.2) is 0 Å². The topological polar surface area (TPSA) is 20.3 Å². The number of Topliss-reactive ketones (excluding diaryl/α,β-unsaturated/α-hetero) is 1. The van der Waals surface area contributed by atoms with Gasteiger partial charge in [-0.1, -0.05) is 6.08 Å². The Hall–Kier alpha value is -1.57. The first-order chi connectivity index (χ1) is 7.65. The summed E-state index contributed by atoms with van der Waals surface area (Å²) in [4.78, 5) is 13.8. The maximum absolute atomic E-state index is 11.8. The van der Waals surface area contributed by atoms with Crippen molar-refractivity contribution in [3.63, 3.8) is 0 Å². The van der Waals surface area contributed by atoms with E-state index in [2.05, 4.69) is 6.58 Å². The number of rotatable bonds is 6. The van der Waals surface area contributed by atoms with E-state index in [0.717, 1.165) is 24.1 Å². The molecule has 0 N–H and O–H groups in total. The number of carbonyl (C=O) groups is 1. The van der Waals surface area contributed by atoms with E-state index in [1.54, 1.807) is 0 Å². The van der Waals surface area contributed by atoms with Gasteiger partial charge in [-0.2, -0.15) is 0 Å². The van der Waals surface area contributed by atoms with Crippen molar-refractivity contribution in [3.05, 3.63) is 42.5 Å². The summed E-state index contributed by atoms with van der Waals surface area (Å²) in [5.74, 6) is 0.215. The fourth-order valence-electron chi connectivity index (χ4n) is 1.50. The molecule has 0 aliphatic rings. The van der Waals surface area contributed by atoms with Crippen molar-refractivity contribution in [3.8, 4) is 0 Å². The predicted octanol–water partition coefficient (Wildman–Crippen LogP) is 3.29. The summed E-state index contributed by atoms with van der Waals surface area (Å²) in [6.45, 7) is 3.64. The molecule has 16 heavy (non-hydrogen) atoms. The van der Waals surface area contributed by atoms with E-state index in [9.17, 15) is 4.79 Å². The largest absolute Gasteiger partial charge is 0.378 e. The van der Waals surface area contributed by atoms with E-state index in [0.29, 0.717) is 6.42 Å². The Kier molecular flexibility index (Phi) is 4.77. The summed E-state index contributed by atoms with van der Waals surface area (Å²) < 4.78 is 0. The summed E-state index contributed by atoms with van der Waals surface area (Å²) in [5, 5.41) is 0. The second kappa shape index (κ2) is 6.11. The quantitative estimate of drug-likeness (QED) is 0.414. The van der Waals surface area contributed by atoms with Crippen molar-refractivity contribution in [1.82, 2.24) is 0 Å². The van der Waals surface area contributed by atoms with Gasteiger partial charge in [0.2, 0.25) is 0 Å². The molecule has 0 fully saturated rings. The van der Waals surface area contributed by atoms with Crippen LogP contribution in [0.1, 0.15) is 29.6 Å². The minimum absolute atomic E-state index is 0.215. The molecule has 0 heterocycles. The van der Waals surface area contributed by atoms with E-state index in [1.807, 2.05) is 49.3 Å². The number of carbonyl (C=O) groups excluding carboxylic acids is 1. The normalized spacial score (nSPS) is 9.88. The second-order valence-electron chi connectivity index (χ2n) is 4.05. The van der Waals surface area contributed by atoms with E-state index >= 15 is 0 Å². The van der Waals surface area contributed by atoms with E-state index in [4.69, 9.17) is 0 Å². The molecule has 0 spiro atoms. The monoisotopic (exact) mass is 217 g/mol. The van der Waals surface area contributed by atoms with Crippen molar-refractivity contribution in [1.29, 1.82) is 0 Å². The van der Waals surface area contributed by atoms with Crippen LogP contribution in [0.5, 0.6) is 0 Å². The van der Waals surface area contributed by atoms with Crippen molar-refractivity contribution < 1.29 is 4.79 Å². The zero-order chi connectivity index (χ0) is 12.0. The molecule has 0 radical (unpaired) electrons. The molecule has 2 heteroatoms. The maximum atomic E-state index is 11.8. The van der Waals surface area contributed by atoms with Gasteiger partial charge in [0.1, 0.15) is 0 Å². The summed E-state index contributed by atoms with van der Waals surface area (Å²) in [7, 11) is 3.97. The predicted molar refractivity (Wildman–Crippen MR) is 69.1 cm³/mol. The smallest absolute Gasteiger partial charge is 0.162 e. The lowest BCUT2D eigenvalue weighted by atomic mass is 10.1. The van der Waals surface area contributed by atoms with Crippen LogP contribution < -0.4 is 4.90 Å². The van der Waals surface area contributed by atoms with Crippen molar-refractivity contribution in [2.24, 2.45) is 0 Å². The van der Waals surface area contributed by atoms with E-state index < -0.39 is 0 Å². The summed E-state index contributed by atoms with van der Waals surface area (Å²) in [5.41, 5.74) is 1.91. The van der Waals surface area contributed by atoms with Crippen LogP contribution in [-0.4, -0.2) is 19.9 Å². The van der Waals surface area contributed by atoms with Gasteiger partial charge < -0.3 is 4.90 Å². The van der Waals surface area contributed by atoms with Gasteiger partial charge in [0.15, 0.2) is 5.78 Å². The number of hydrogen-bond acceptors (Lipinski definition) is 2. The first kappa shape index (κ1) is 12.5. The molecule has 1 rings (SSSR count). The highest BCUT2D eigenvalue weighted by atomic mass is 16.1. The lowest BCUT2D eigenvalue weighted by molar-refractivity contribution is 0.0980. The maximum Gasteiger partial charge on any atom is 0.162 e. The van der Waals surface area contributed by atoms with Crippen LogP contribution in [0.15, 0.2) is 36.9 Å². The molecule has 0 unspecified atom stereocenters. The molecule has 0 aromatic heterocycles. The molecule has 0 atom stereocenters. The van der Waals surface area contributed by atoms with Crippen molar-refractivity contribution in [2.45, 2.75) is 19.3 Å². The van der Waals surface area contributed by atoms with Gasteiger partial charge in [0, 0.05) is 31.8 Å². The third-order valence-electron chi connectivity index (χ3n) is 2.52. The molecule has 2 nitrogen and oxygen atoms in total. The number of ketones is 1.